The van der Waals surface area contributed by atoms with E-state index in [0.29, 0.717) is 11.3 Å². The van der Waals surface area contributed by atoms with Crippen LogP contribution in [0.15, 0.2) is 0 Å². The standard InChI is InChI=1S/C16H26N2O/c1-15-5-11-4-12(6-15)8-16(7-11,10-15)14(19)18-3-2-13(17)9-18/h11-13H,2-10,17H2,1H3/t11?,12?,13-,15?,16?/m1/s1. The summed E-state index contributed by atoms with van der Waals surface area (Å²) in [4.78, 5) is 15.1. The molecule has 0 aromatic heterocycles. The van der Waals surface area contributed by atoms with Crippen LogP contribution < -0.4 is 5.73 Å². The van der Waals surface area contributed by atoms with Gasteiger partial charge in [-0.25, -0.2) is 0 Å². The minimum atomic E-state index is 0.00287. The van der Waals surface area contributed by atoms with Gasteiger partial charge < -0.3 is 10.6 Å². The minimum absolute atomic E-state index is 0.00287. The largest absolute Gasteiger partial charge is 0.341 e. The molecule has 0 aromatic rings. The molecule has 5 rings (SSSR count). The zero-order chi connectivity index (χ0) is 13.3. The number of carbonyl (C=O) groups is 1. The first-order valence-electron chi connectivity index (χ1n) is 8.03. The Morgan fingerprint density at radius 1 is 1.21 bits per heavy atom. The normalized spacial score (nSPS) is 51.9. The van der Waals surface area contributed by atoms with Gasteiger partial charge in [0.15, 0.2) is 0 Å². The Bertz CT molecular complexity index is 405. The summed E-state index contributed by atoms with van der Waals surface area (Å²) in [5, 5.41) is 0. The van der Waals surface area contributed by atoms with E-state index in [4.69, 9.17) is 5.73 Å². The number of carbonyl (C=O) groups excluding carboxylic acids is 1. The molecule has 1 amide bonds. The molecule has 3 atom stereocenters. The number of nitrogens with two attached hydrogens (primary N) is 1. The second-order valence-corrected chi connectivity index (χ2v) is 8.35. The third-order valence-electron chi connectivity index (χ3n) is 6.32. The van der Waals surface area contributed by atoms with Crippen molar-refractivity contribution in [2.24, 2.45) is 28.4 Å². The van der Waals surface area contributed by atoms with Crippen molar-refractivity contribution in [1.29, 1.82) is 0 Å². The third kappa shape index (κ3) is 1.77. The number of rotatable bonds is 1. The van der Waals surface area contributed by atoms with Crippen molar-refractivity contribution in [2.45, 2.75) is 57.9 Å². The van der Waals surface area contributed by atoms with Crippen LogP contribution in [0.5, 0.6) is 0 Å². The fraction of sp³-hybridized carbons (Fsp3) is 0.938. The van der Waals surface area contributed by atoms with Gasteiger partial charge in [-0.1, -0.05) is 6.92 Å². The fourth-order valence-corrected chi connectivity index (χ4v) is 6.28. The van der Waals surface area contributed by atoms with Crippen LogP contribution in [0.4, 0.5) is 0 Å². The van der Waals surface area contributed by atoms with E-state index in [-0.39, 0.29) is 11.5 Å². The fourth-order valence-electron chi connectivity index (χ4n) is 6.28. The Labute approximate surface area is 115 Å². The van der Waals surface area contributed by atoms with Crippen molar-refractivity contribution in [1.82, 2.24) is 4.90 Å². The van der Waals surface area contributed by atoms with Gasteiger partial charge in [-0.3, -0.25) is 4.79 Å². The lowest BCUT2D eigenvalue weighted by atomic mass is 9.44. The smallest absolute Gasteiger partial charge is 0.228 e. The average molecular weight is 262 g/mol. The van der Waals surface area contributed by atoms with Gasteiger partial charge in [-0.2, -0.15) is 0 Å². The predicted molar refractivity (Wildman–Crippen MR) is 74.4 cm³/mol. The zero-order valence-electron chi connectivity index (χ0n) is 12.0. The lowest BCUT2D eigenvalue weighted by Gasteiger charge is -2.61. The van der Waals surface area contributed by atoms with E-state index in [1.807, 2.05) is 0 Å². The van der Waals surface area contributed by atoms with Crippen LogP contribution in [-0.2, 0) is 4.79 Å². The highest BCUT2D eigenvalue weighted by Gasteiger charge is 2.59. The quantitative estimate of drug-likeness (QED) is 0.787. The summed E-state index contributed by atoms with van der Waals surface area (Å²) in [6.45, 7) is 4.13. The third-order valence-corrected chi connectivity index (χ3v) is 6.32. The first-order valence-corrected chi connectivity index (χ1v) is 8.03. The summed E-state index contributed by atoms with van der Waals surface area (Å²) in [5.74, 6) is 2.11. The Hall–Kier alpha value is -0.570. The molecule has 0 spiro atoms. The van der Waals surface area contributed by atoms with E-state index < -0.39 is 0 Å². The summed E-state index contributed by atoms with van der Waals surface area (Å²) in [7, 11) is 0. The highest BCUT2D eigenvalue weighted by molar-refractivity contribution is 5.83. The first-order chi connectivity index (χ1) is 8.98. The average Bonchev–Trinajstić information content (AvgIpc) is 2.71. The highest BCUT2D eigenvalue weighted by atomic mass is 16.2. The van der Waals surface area contributed by atoms with Crippen LogP contribution in [0.1, 0.15) is 51.9 Å². The van der Waals surface area contributed by atoms with E-state index in [1.54, 1.807) is 0 Å². The van der Waals surface area contributed by atoms with E-state index >= 15 is 0 Å². The summed E-state index contributed by atoms with van der Waals surface area (Å²) in [6.07, 6.45) is 8.62. The molecule has 2 N–H and O–H groups in total. The number of nitrogens with zero attached hydrogens (tertiary/aromatic N) is 1. The highest BCUT2D eigenvalue weighted by Crippen LogP contribution is 2.65. The topological polar surface area (TPSA) is 46.3 Å². The lowest BCUT2D eigenvalue weighted by Crippen LogP contribution is -2.57. The van der Waals surface area contributed by atoms with Gasteiger partial charge in [0.25, 0.3) is 0 Å². The molecule has 1 saturated heterocycles. The molecule has 0 aromatic carbocycles. The maximum atomic E-state index is 13.1. The summed E-state index contributed by atoms with van der Waals surface area (Å²) < 4.78 is 0. The van der Waals surface area contributed by atoms with Gasteiger partial charge in [0, 0.05) is 19.1 Å². The van der Waals surface area contributed by atoms with E-state index in [0.717, 1.165) is 37.8 Å². The molecule has 2 unspecified atom stereocenters. The zero-order valence-corrected chi connectivity index (χ0v) is 12.0. The van der Waals surface area contributed by atoms with Gasteiger partial charge in [0.1, 0.15) is 0 Å². The van der Waals surface area contributed by atoms with Crippen molar-refractivity contribution >= 4 is 5.91 Å². The van der Waals surface area contributed by atoms with Gasteiger partial charge >= 0.3 is 0 Å². The molecule has 3 nitrogen and oxygen atoms in total. The van der Waals surface area contributed by atoms with Crippen molar-refractivity contribution < 1.29 is 4.79 Å². The van der Waals surface area contributed by atoms with Crippen LogP contribution >= 0.6 is 0 Å². The molecule has 5 aliphatic rings. The monoisotopic (exact) mass is 262 g/mol. The van der Waals surface area contributed by atoms with Crippen LogP contribution in [0, 0.1) is 22.7 Å². The molecule has 19 heavy (non-hydrogen) atoms. The van der Waals surface area contributed by atoms with E-state index in [9.17, 15) is 4.79 Å². The van der Waals surface area contributed by atoms with Crippen molar-refractivity contribution in [3.05, 3.63) is 0 Å². The van der Waals surface area contributed by atoms with Crippen molar-refractivity contribution in [3.63, 3.8) is 0 Å². The Morgan fingerprint density at radius 2 is 1.89 bits per heavy atom. The molecular weight excluding hydrogens is 236 g/mol. The second kappa shape index (κ2) is 3.75. The van der Waals surface area contributed by atoms with Gasteiger partial charge in [-0.15, -0.1) is 0 Å². The van der Waals surface area contributed by atoms with Crippen molar-refractivity contribution in [2.75, 3.05) is 13.1 Å². The minimum Gasteiger partial charge on any atom is -0.341 e. The molecule has 5 fully saturated rings. The molecule has 4 aliphatic carbocycles. The van der Waals surface area contributed by atoms with Gasteiger partial charge in [0.2, 0.25) is 5.91 Å². The predicted octanol–water partition coefficient (Wildman–Crippen LogP) is 2.15. The second-order valence-electron chi connectivity index (χ2n) is 8.35. The molecule has 1 heterocycles. The van der Waals surface area contributed by atoms with E-state index in [2.05, 4.69) is 11.8 Å². The number of hydrogen-bond donors (Lipinski definition) is 1. The lowest BCUT2D eigenvalue weighted by molar-refractivity contribution is -0.165. The molecular formula is C16H26N2O. The Morgan fingerprint density at radius 3 is 2.42 bits per heavy atom. The van der Waals surface area contributed by atoms with Gasteiger partial charge in [0.05, 0.1) is 5.41 Å². The van der Waals surface area contributed by atoms with Crippen LogP contribution in [0.2, 0.25) is 0 Å². The molecule has 4 saturated carbocycles. The van der Waals surface area contributed by atoms with Gasteiger partial charge in [-0.05, 0) is 62.2 Å². The molecule has 3 heteroatoms. The maximum absolute atomic E-state index is 13.1. The first kappa shape index (κ1) is 12.2. The number of likely N-dealkylation sites (tertiary alicyclic amines) is 1. The summed E-state index contributed by atoms with van der Waals surface area (Å²) in [6, 6.07) is 0.216. The Balaban J connectivity index is 1.61. The van der Waals surface area contributed by atoms with Crippen molar-refractivity contribution in [3.8, 4) is 0 Å². The SMILES string of the molecule is CC12CC3CC(C1)CC(C(=O)N1CC[C@@H](N)C1)(C3)C2. The summed E-state index contributed by atoms with van der Waals surface area (Å²) >= 11 is 0. The Kier molecular flexibility index (Phi) is 2.41. The molecule has 106 valence electrons. The van der Waals surface area contributed by atoms with E-state index in [1.165, 1.54) is 32.1 Å². The maximum Gasteiger partial charge on any atom is 0.228 e. The van der Waals surface area contributed by atoms with Crippen LogP contribution in [0.25, 0.3) is 0 Å². The molecule has 4 bridgehead atoms. The number of amides is 1. The van der Waals surface area contributed by atoms with Crippen LogP contribution in [0.3, 0.4) is 0 Å². The van der Waals surface area contributed by atoms with Crippen LogP contribution in [-0.4, -0.2) is 29.9 Å². The summed E-state index contributed by atoms with van der Waals surface area (Å²) in [5.41, 5.74) is 6.45. The molecule has 0 radical (unpaired) electrons. The molecule has 1 aliphatic heterocycles. The number of hydrogen-bond acceptors (Lipinski definition) is 2.